The number of aryl methyl sites for hydroxylation is 1. The molecule has 51 heavy (non-hydrogen) atoms. The lowest BCUT2D eigenvalue weighted by atomic mass is 9.83. The summed E-state index contributed by atoms with van der Waals surface area (Å²) < 4.78 is 75.3. The smallest absolute Gasteiger partial charge is 0.114 e. The molecule has 0 aliphatic heterocycles. The van der Waals surface area contributed by atoms with E-state index in [2.05, 4.69) is 41.8 Å². The third kappa shape index (κ3) is 4.68. The maximum atomic E-state index is 9.44. The summed E-state index contributed by atoms with van der Waals surface area (Å²) in [5, 5.41) is 4.38. The van der Waals surface area contributed by atoms with Gasteiger partial charge in [-0.15, -0.1) is 0 Å². The predicted octanol–water partition coefficient (Wildman–Crippen LogP) is 13.2. The van der Waals surface area contributed by atoms with Gasteiger partial charge < -0.3 is 0 Å². The standard InChI is InChI=1S/C49H34N2/c1-2-47-50-45-21-11-12-22-46(45)51(47)36-29-27-33(28-30-36)32-23-25-34(26-24-32)48-40-17-7-9-19-42(40)49(43-20-10-8-18-41(43)48)44-31-35-13-3-4-14-37(35)38-15-5-6-16-39(38)44/h3-31H,2H2,1H3/i7D,8D,9D,10D,17D,18D,19D,20D. The van der Waals surface area contributed by atoms with Gasteiger partial charge in [0.05, 0.1) is 22.0 Å². The van der Waals surface area contributed by atoms with Crippen molar-refractivity contribution in [2.24, 2.45) is 0 Å². The lowest BCUT2D eigenvalue weighted by Gasteiger charge is -2.19. The van der Waals surface area contributed by atoms with E-state index in [0.29, 0.717) is 22.3 Å². The van der Waals surface area contributed by atoms with Gasteiger partial charge in [0.25, 0.3) is 0 Å². The van der Waals surface area contributed by atoms with Gasteiger partial charge in [0, 0.05) is 12.1 Å². The van der Waals surface area contributed by atoms with Crippen molar-refractivity contribution in [3.05, 3.63) is 182 Å². The van der Waals surface area contributed by atoms with Crippen molar-refractivity contribution in [1.29, 1.82) is 0 Å². The van der Waals surface area contributed by atoms with Crippen LogP contribution in [-0.2, 0) is 6.42 Å². The largest absolute Gasteiger partial charge is 0.296 e. The average molecular weight is 659 g/mol. The summed E-state index contributed by atoms with van der Waals surface area (Å²) in [5.41, 5.74) is 6.68. The van der Waals surface area contributed by atoms with Crippen LogP contribution in [0.2, 0.25) is 0 Å². The molecule has 1 aromatic heterocycles. The molecule has 0 spiro atoms. The normalized spacial score (nSPS) is 13.9. The van der Waals surface area contributed by atoms with Crippen LogP contribution in [-0.4, -0.2) is 9.55 Å². The molecule has 2 nitrogen and oxygen atoms in total. The van der Waals surface area contributed by atoms with E-state index in [0.717, 1.165) is 61.6 Å². The van der Waals surface area contributed by atoms with Gasteiger partial charge in [0.15, 0.2) is 0 Å². The second-order valence-corrected chi connectivity index (χ2v) is 12.8. The second kappa shape index (κ2) is 11.8. The Bertz CT molecular complexity index is 3310. The number of benzene rings is 9. The first-order valence-corrected chi connectivity index (χ1v) is 17.1. The summed E-state index contributed by atoms with van der Waals surface area (Å²) in [6, 6.07) is 38.8. The van der Waals surface area contributed by atoms with Crippen LogP contribution in [0.1, 0.15) is 23.7 Å². The highest BCUT2D eigenvalue weighted by Gasteiger charge is 2.19. The third-order valence-electron chi connectivity index (χ3n) is 9.99. The highest BCUT2D eigenvalue weighted by molar-refractivity contribution is 6.25. The monoisotopic (exact) mass is 658 g/mol. The Hall–Kier alpha value is -6.51. The maximum absolute atomic E-state index is 9.44. The Morgan fingerprint density at radius 2 is 1.04 bits per heavy atom. The zero-order chi connectivity index (χ0) is 40.9. The summed E-state index contributed by atoms with van der Waals surface area (Å²) in [6.07, 6.45) is 0.778. The molecule has 0 saturated heterocycles. The molecule has 0 saturated carbocycles. The van der Waals surface area contributed by atoms with Crippen LogP contribution in [0.3, 0.4) is 0 Å². The fourth-order valence-corrected chi connectivity index (χ4v) is 7.68. The first-order valence-electron chi connectivity index (χ1n) is 21.1. The molecular formula is C49H34N2. The van der Waals surface area contributed by atoms with Gasteiger partial charge in [-0.2, -0.15) is 0 Å². The average Bonchev–Trinajstić information content (AvgIpc) is 3.66. The van der Waals surface area contributed by atoms with E-state index in [1.807, 2.05) is 97.1 Å². The van der Waals surface area contributed by atoms with Gasteiger partial charge in [-0.1, -0.05) is 152 Å². The summed E-state index contributed by atoms with van der Waals surface area (Å²) in [4.78, 5) is 4.83. The number of para-hydroxylation sites is 2. The van der Waals surface area contributed by atoms with Crippen molar-refractivity contribution in [2.75, 3.05) is 0 Å². The summed E-state index contributed by atoms with van der Waals surface area (Å²) in [5.74, 6) is 0.971. The molecule has 0 N–H and O–H groups in total. The highest BCUT2D eigenvalue weighted by atomic mass is 15.1. The van der Waals surface area contributed by atoms with Gasteiger partial charge in [0.1, 0.15) is 5.82 Å². The first kappa shape index (κ1) is 22.3. The number of fused-ring (bicyclic) bond motifs is 6. The van der Waals surface area contributed by atoms with Crippen molar-refractivity contribution in [3.8, 4) is 39.1 Å². The van der Waals surface area contributed by atoms with Crippen molar-refractivity contribution < 1.29 is 11.0 Å². The molecule has 0 unspecified atom stereocenters. The van der Waals surface area contributed by atoms with Gasteiger partial charge >= 0.3 is 0 Å². The summed E-state index contributed by atoms with van der Waals surface area (Å²) >= 11 is 0. The fourth-order valence-electron chi connectivity index (χ4n) is 7.68. The number of rotatable bonds is 5. The van der Waals surface area contributed by atoms with E-state index in [1.165, 1.54) is 0 Å². The maximum Gasteiger partial charge on any atom is 0.114 e. The van der Waals surface area contributed by atoms with Gasteiger partial charge in [0.2, 0.25) is 0 Å². The van der Waals surface area contributed by atoms with E-state index in [9.17, 15) is 5.48 Å². The van der Waals surface area contributed by atoms with Crippen molar-refractivity contribution in [3.63, 3.8) is 0 Å². The SMILES string of the molecule is [2H]c1c([2H])c([2H])c2c(-c3cc4ccccc4c4ccccc34)c3c([2H])c([2H])c([2H])c([2H])c3c(-c3ccc(-c4ccc(-n5c(CC)nc6ccccc65)cc4)cc3)c2c1[2H]. The number of hydrogen-bond donors (Lipinski definition) is 0. The molecule has 0 amide bonds. The van der Waals surface area contributed by atoms with Gasteiger partial charge in [-0.3, -0.25) is 4.57 Å². The summed E-state index contributed by atoms with van der Waals surface area (Å²) in [6.45, 7) is 2.09. The number of aromatic nitrogens is 2. The Morgan fingerprint density at radius 1 is 0.510 bits per heavy atom. The van der Waals surface area contributed by atoms with E-state index < -0.39 is 24.2 Å². The van der Waals surface area contributed by atoms with Crippen LogP contribution in [0.15, 0.2) is 176 Å². The predicted molar refractivity (Wildman–Crippen MR) is 217 cm³/mol. The number of nitrogens with zero attached hydrogens (tertiary/aromatic N) is 2. The van der Waals surface area contributed by atoms with Crippen LogP contribution >= 0.6 is 0 Å². The molecule has 1 heterocycles. The van der Waals surface area contributed by atoms with Crippen molar-refractivity contribution in [1.82, 2.24) is 9.55 Å². The quantitative estimate of drug-likeness (QED) is 0.133. The number of hydrogen-bond acceptors (Lipinski definition) is 1. The molecular weight excluding hydrogens is 617 g/mol. The highest BCUT2D eigenvalue weighted by Crippen LogP contribution is 2.46. The Kier molecular flexibility index (Phi) is 5.16. The Labute approximate surface area is 308 Å². The Balaban J connectivity index is 1.24. The van der Waals surface area contributed by atoms with Crippen LogP contribution < -0.4 is 0 Å². The van der Waals surface area contributed by atoms with E-state index in [4.69, 9.17) is 10.5 Å². The minimum absolute atomic E-state index is 0.192. The topological polar surface area (TPSA) is 17.8 Å². The molecule has 2 heteroatoms. The van der Waals surface area contributed by atoms with Gasteiger partial charge in [-0.05, 0) is 107 Å². The zero-order valence-corrected chi connectivity index (χ0v) is 27.7. The molecule has 10 aromatic rings. The minimum atomic E-state index is -0.424. The molecule has 0 bridgehead atoms. The molecule has 0 radical (unpaired) electrons. The minimum Gasteiger partial charge on any atom is -0.296 e. The molecule has 9 aromatic carbocycles. The fraction of sp³-hybridized carbons (Fsp3) is 0.0408. The third-order valence-corrected chi connectivity index (χ3v) is 9.99. The molecule has 240 valence electrons. The van der Waals surface area contributed by atoms with E-state index in [-0.39, 0.29) is 45.7 Å². The Morgan fingerprint density at radius 3 is 1.71 bits per heavy atom. The summed E-state index contributed by atoms with van der Waals surface area (Å²) in [7, 11) is 0. The van der Waals surface area contributed by atoms with Crippen LogP contribution in [0.4, 0.5) is 0 Å². The van der Waals surface area contributed by atoms with Crippen LogP contribution in [0.25, 0.3) is 93.2 Å². The first-order chi connectivity index (χ1) is 28.6. The second-order valence-electron chi connectivity index (χ2n) is 12.8. The van der Waals surface area contributed by atoms with Gasteiger partial charge in [-0.25, -0.2) is 4.98 Å². The van der Waals surface area contributed by atoms with Crippen molar-refractivity contribution >= 4 is 54.1 Å². The lowest BCUT2D eigenvalue weighted by molar-refractivity contribution is 0.908. The van der Waals surface area contributed by atoms with Crippen LogP contribution in [0, 0.1) is 0 Å². The van der Waals surface area contributed by atoms with Crippen molar-refractivity contribution in [2.45, 2.75) is 13.3 Å². The molecule has 0 fully saturated rings. The molecule has 0 aliphatic rings. The van der Waals surface area contributed by atoms with E-state index >= 15 is 0 Å². The molecule has 0 atom stereocenters. The zero-order valence-electron chi connectivity index (χ0n) is 35.7. The van der Waals surface area contributed by atoms with E-state index in [1.54, 1.807) is 0 Å². The lowest BCUT2D eigenvalue weighted by Crippen LogP contribution is -1.99. The molecule has 0 aliphatic carbocycles. The van der Waals surface area contributed by atoms with Crippen LogP contribution in [0.5, 0.6) is 0 Å². The molecule has 10 rings (SSSR count). The number of imidazole rings is 1.